The van der Waals surface area contributed by atoms with Gasteiger partial charge in [-0.3, -0.25) is 0 Å². The lowest BCUT2D eigenvalue weighted by Crippen LogP contribution is -2.28. The Kier molecular flexibility index (Phi) is 3.09. The third kappa shape index (κ3) is 1.97. The van der Waals surface area contributed by atoms with Crippen LogP contribution in [0.3, 0.4) is 0 Å². The molecule has 12 heavy (non-hydrogen) atoms. The van der Waals surface area contributed by atoms with Crippen molar-refractivity contribution in [2.45, 2.75) is 6.54 Å². The molecule has 0 spiro atoms. The van der Waals surface area contributed by atoms with Crippen LogP contribution in [0.4, 0.5) is 4.39 Å². The van der Waals surface area contributed by atoms with Crippen molar-refractivity contribution < 1.29 is 9.41 Å². The number of benzene rings is 1. The summed E-state index contributed by atoms with van der Waals surface area (Å²) in [6.45, 7) is 0.302. The van der Waals surface area contributed by atoms with Crippen LogP contribution in [0.15, 0.2) is 18.2 Å². The molecule has 1 aromatic carbocycles. The highest BCUT2D eigenvalue weighted by Gasteiger charge is 2.15. The zero-order chi connectivity index (χ0) is 9.14. The Morgan fingerprint density at radius 1 is 1.58 bits per heavy atom. The van der Waals surface area contributed by atoms with Gasteiger partial charge in [-0.2, -0.15) is 0 Å². The Morgan fingerprint density at radius 2 is 2.25 bits per heavy atom. The second-order valence-corrected chi connectivity index (χ2v) is 2.81. The second kappa shape index (κ2) is 3.89. The minimum Gasteiger partial charge on any atom is -0.434 e. The van der Waals surface area contributed by atoms with E-state index in [-0.39, 0.29) is 5.46 Å². The van der Waals surface area contributed by atoms with Crippen LogP contribution in [0.5, 0.6) is 0 Å². The normalized spacial score (nSPS) is 10.0. The van der Waals surface area contributed by atoms with E-state index in [2.05, 4.69) is 0 Å². The van der Waals surface area contributed by atoms with Crippen molar-refractivity contribution in [2.24, 2.45) is 5.73 Å². The number of hydrogen-bond donors (Lipinski definition) is 2. The van der Waals surface area contributed by atoms with Crippen LogP contribution in [-0.2, 0) is 6.54 Å². The first-order chi connectivity index (χ1) is 5.65. The van der Waals surface area contributed by atoms with E-state index in [1.165, 1.54) is 12.1 Å². The average Bonchev–Trinajstić information content (AvgIpc) is 2.05. The van der Waals surface area contributed by atoms with E-state index in [1.54, 1.807) is 6.07 Å². The highest BCUT2D eigenvalue weighted by molar-refractivity contribution is 7.09. The molecule has 0 amide bonds. The first kappa shape index (κ1) is 9.51. The molecule has 0 saturated carbocycles. The van der Waals surface area contributed by atoms with Crippen LogP contribution in [0.25, 0.3) is 0 Å². The van der Waals surface area contributed by atoms with Crippen LogP contribution >= 0.6 is 11.5 Å². The molecule has 0 aliphatic heterocycles. The van der Waals surface area contributed by atoms with Gasteiger partial charge in [-0.05, 0) is 11.6 Å². The first-order valence-electron chi connectivity index (χ1n) is 3.45. The lowest BCUT2D eigenvalue weighted by Gasteiger charge is -2.03. The van der Waals surface area contributed by atoms with Gasteiger partial charge in [0.25, 0.3) is 0 Å². The van der Waals surface area contributed by atoms with Gasteiger partial charge in [0.1, 0.15) is 5.82 Å². The second-order valence-electron chi connectivity index (χ2n) is 2.40. The molecule has 0 radical (unpaired) electrons. The Hall–Kier alpha value is -0.575. The number of hydrogen-bond acceptors (Lipinski definition) is 2. The lowest BCUT2D eigenvalue weighted by molar-refractivity contribution is 0.595. The van der Waals surface area contributed by atoms with Crippen molar-refractivity contribution in [3.8, 4) is 0 Å². The Bertz CT molecular complexity index is 282. The Morgan fingerprint density at radius 3 is 2.75 bits per heavy atom. The van der Waals surface area contributed by atoms with Gasteiger partial charge >= 0.3 is 6.33 Å². The van der Waals surface area contributed by atoms with Crippen molar-refractivity contribution in [3.63, 3.8) is 0 Å². The first-order valence-corrected chi connectivity index (χ1v) is 3.89. The van der Waals surface area contributed by atoms with Crippen LogP contribution in [0.2, 0.25) is 0 Å². The van der Waals surface area contributed by atoms with Crippen LogP contribution in [0.1, 0.15) is 5.56 Å². The average molecular weight is 187 g/mol. The molecule has 1 aromatic rings. The summed E-state index contributed by atoms with van der Waals surface area (Å²) in [5.74, 6) is -0.519. The molecule has 3 N–H and O–H groups in total. The fraction of sp³-hybridized carbons (Fsp3) is 0.143. The smallest absolute Gasteiger partial charge is 0.434 e. The van der Waals surface area contributed by atoms with Gasteiger partial charge in [0.05, 0.1) is 0 Å². The topological polar surface area (TPSA) is 46.2 Å². The number of rotatable bonds is 2. The maximum absolute atomic E-state index is 12.9. The van der Waals surface area contributed by atoms with Gasteiger partial charge in [-0.25, -0.2) is 4.39 Å². The molecule has 0 unspecified atom stereocenters. The lowest BCUT2D eigenvalue weighted by atomic mass is 9.85. The summed E-state index contributed by atoms with van der Waals surface area (Å²) in [5, 5.41) is 8.91. The predicted molar refractivity (Wildman–Crippen MR) is 47.8 cm³/mol. The summed E-state index contributed by atoms with van der Waals surface area (Å²) in [6, 6.07) is 4.24. The van der Waals surface area contributed by atoms with E-state index < -0.39 is 12.1 Å². The fourth-order valence-corrected chi connectivity index (χ4v) is 1.07. The van der Waals surface area contributed by atoms with E-state index in [0.717, 1.165) is 5.56 Å². The molecule has 1 rings (SSSR count). The predicted octanol–water partition coefficient (Wildman–Crippen LogP) is 0.211. The summed E-state index contributed by atoms with van der Waals surface area (Å²) >= 11 is 5.31. The zero-order valence-corrected chi connectivity index (χ0v) is 7.05. The monoisotopic (exact) mass is 187 g/mol. The van der Waals surface area contributed by atoms with Crippen molar-refractivity contribution in [2.75, 3.05) is 0 Å². The Balaban J connectivity index is 3.08. The molecule has 2 nitrogen and oxygen atoms in total. The van der Waals surface area contributed by atoms with Crippen LogP contribution in [-0.4, -0.2) is 11.4 Å². The molecule has 0 aliphatic rings. The number of halogens is 2. The van der Waals surface area contributed by atoms with Gasteiger partial charge in [-0.15, -0.1) is 11.5 Å². The molecule has 64 valence electrons. The summed E-state index contributed by atoms with van der Waals surface area (Å²) < 4.78 is 12.9. The van der Waals surface area contributed by atoms with Crippen molar-refractivity contribution in [1.29, 1.82) is 0 Å². The SMILES string of the molecule is NCc1ccc(F)c(B(O)Cl)c1. The summed E-state index contributed by atoms with van der Waals surface area (Å²) in [7, 11) is 0. The maximum atomic E-state index is 12.9. The zero-order valence-electron chi connectivity index (χ0n) is 6.30. The van der Waals surface area contributed by atoms with E-state index in [0.29, 0.717) is 6.54 Å². The van der Waals surface area contributed by atoms with E-state index in [4.69, 9.17) is 22.2 Å². The van der Waals surface area contributed by atoms with Gasteiger partial charge in [0.2, 0.25) is 0 Å². The van der Waals surface area contributed by atoms with Gasteiger partial charge in [0.15, 0.2) is 0 Å². The molecule has 0 bridgehead atoms. The van der Waals surface area contributed by atoms with E-state index in [1.807, 2.05) is 0 Å². The molecule has 5 heteroatoms. The molecule has 0 aromatic heterocycles. The molecule has 0 fully saturated rings. The van der Waals surface area contributed by atoms with Crippen molar-refractivity contribution in [1.82, 2.24) is 0 Å². The summed E-state index contributed by atoms with van der Waals surface area (Å²) in [6.07, 6.45) is -1.31. The van der Waals surface area contributed by atoms with Crippen LogP contribution in [0, 0.1) is 5.82 Å². The molecule has 0 aliphatic carbocycles. The van der Waals surface area contributed by atoms with Gasteiger partial charge < -0.3 is 10.8 Å². The van der Waals surface area contributed by atoms with Crippen LogP contribution < -0.4 is 11.2 Å². The van der Waals surface area contributed by atoms with E-state index >= 15 is 0 Å². The summed E-state index contributed by atoms with van der Waals surface area (Å²) in [5.41, 5.74) is 6.13. The molecular formula is C7H8BClFNO. The van der Waals surface area contributed by atoms with Crippen molar-refractivity contribution >= 4 is 23.3 Å². The standard InChI is InChI=1S/C7H8BClFNO/c9-8(12)6-3-5(4-11)1-2-7(6)10/h1-3,12H,4,11H2. The highest BCUT2D eigenvalue weighted by atomic mass is 35.5. The van der Waals surface area contributed by atoms with E-state index in [9.17, 15) is 4.39 Å². The summed E-state index contributed by atoms with van der Waals surface area (Å²) in [4.78, 5) is 0. The third-order valence-electron chi connectivity index (χ3n) is 1.55. The minimum absolute atomic E-state index is 0.0691. The third-order valence-corrected chi connectivity index (χ3v) is 1.79. The Labute approximate surface area is 75.2 Å². The quantitative estimate of drug-likeness (QED) is 0.650. The highest BCUT2D eigenvalue weighted by Crippen LogP contribution is 2.02. The fourth-order valence-electron chi connectivity index (χ4n) is 0.903. The van der Waals surface area contributed by atoms with Gasteiger partial charge in [0, 0.05) is 12.0 Å². The molecule has 0 atom stereocenters. The molecule has 0 heterocycles. The largest absolute Gasteiger partial charge is 0.434 e. The maximum Gasteiger partial charge on any atom is 0.434 e. The van der Waals surface area contributed by atoms with Gasteiger partial charge in [-0.1, -0.05) is 12.1 Å². The minimum atomic E-state index is -1.31. The molecule has 0 saturated heterocycles. The molecular weight excluding hydrogens is 179 g/mol. The number of nitrogens with two attached hydrogens (primary N) is 1. The van der Waals surface area contributed by atoms with Crippen molar-refractivity contribution in [3.05, 3.63) is 29.6 Å².